The summed E-state index contributed by atoms with van der Waals surface area (Å²) in [5.41, 5.74) is 0.725. The number of methoxy groups -OCH3 is 1. The van der Waals surface area contributed by atoms with Gasteiger partial charge in [0.15, 0.2) is 18.1 Å². The molecule has 8 heteroatoms. The summed E-state index contributed by atoms with van der Waals surface area (Å²) in [6.07, 6.45) is 1.55. The Morgan fingerprint density at radius 3 is 2.69 bits per heavy atom. The van der Waals surface area contributed by atoms with E-state index in [-0.39, 0.29) is 29.5 Å². The highest BCUT2D eigenvalue weighted by Crippen LogP contribution is 2.29. The van der Waals surface area contributed by atoms with Gasteiger partial charge >= 0.3 is 11.7 Å². The average molecular weight is 354 g/mol. The fourth-order valence-electron chi connectivity index (χ4n) is 2.28. The Morgan fingerprint density at radius 1 is 1.23 bits per heavy atom. The Bertz CT molecular complexity index is 936. The molecule has 1 aromatic heterocycles. The number of nitro benzene ring substituents is 1. The third-order valence-corrected chi connectivity index (χ3v) is 3.54. The van der Waals surface area contributed by atoms with Crippen molar-refractivity contribution in [2.45, 2.75) is 6.61 Å². The molecule has 0 unspecified atom stereocenters. The maximum absolute atomic E-state index is 11.6. The van der Waals surface area contributed by atoms with Crippen molar-refractivity contribution in [3.05, 3.63) is 76.3 Å². The van der Waals surface area contributed by atoms with Gasteiger partial charge in [-0.25, -0.2) is 9.78 Å². The maximum atomic E-state index is 11.6. The molecule has 3 rings (SSSR count). The molecule has 0 aliphatic rings. The summed E-state index contributed by atoms with van der Waals surface area (Å²) < 4.78 is 15.7. The number of carbonyl (C=O) groups is 1. The van der Waals surface area contributed by atoms with Crippen molar-refractivity contribution in [2.75, 3.05) is 7.11 Å². The van der Waals surface area contributed by atoms with E-state index in [9.17, 15) is 14.9 Å². The van der Waals surface area contributed by atoms with E-state index in [0.29, 0.717) is 5.76 Å². The van der Waals surface area contributed by atoms with Gasteiger partial charge in [0.05, 0.1) is 23.8 Å². The first-order valence-electron chi connectivity index (χ1n) is 7.58. The number of rotatable bonds is 6. The molecule has 0 saturated heterocycles. The van der Waals surface area contributed by atoms with E-state index in [1.54, 1.807) is 6.20 Å². The molecule has 0 atom stereocenters. The summed E-state index contributed by atoms with van der Waals surface area (Å²) in [5, 5.41) is 11.1. The minimum Gasteiger partial charge on any atom is -0.477 e. The zero-order valence-electron chi connectivity index (χ0n) is 13.7. The Hall–Kier alpha value is -3.68. The Labute approximate surface area is 148 Å². The van der Waals surface area contributed by atoms with Crippen LogP contribution in [-0.4, -0.2) is 23.0 Å². The first kappa shape index (κ1) is 17.2. The molecule has 26 heavy (non-hydrogen) atoms. The SMILES string of the molecule is COC(=O)c1ccc([N+](=O)[O-])c(OCc2ncc(-c3ccccc3)o2)c1. The first-order chi connectivity index (χ1) is 12.6. The van der Waals surface area contributed by atoms with E-state index in [1.807, 2.05) is 30.3 Å². The third-order valence-electron chi connectivity index (χ3n) is 3.54. The average Bonchev–Trinajstić information content (AvgIpc) is 3.15. The number of hydrogen-bond donors (Lipinski definition) is 0. The summed E-state index contributed by atoms with van der Waals surface area (Å²) in [4.78, 5) is 26.3. The number of esters is 1. The fourth-order valence-corrected chi connectivity index (χ4v) is 2.28. The molecule has 3 aromatic rings. The Kier molecular flexibility index (Phi) is 4.93. The highest BCUT2D eigenvalue weighted by atomic mass is 16.6. The number of aromatic nitrogens is 1. The van der Waals surface area contributed by atoms with Crippen LogP contribution in [0.3, 0.4) is 0 Å². The molecule has 0 fully saturated rings. The normalized spacial score (nSPS) is 10.3. The fraction of sp³-hybridized carbons (Fsp3) is 0.111. The van der Waals surface area contributed by atoms with Gasteiger partial charge in [-0.3, -0.25) is 10.1 Å². The number of nitrogens with zero attached hydrogens (tertiary/aromatic N) is 2. The lowest BCUT2D eigenvalue weighted by molar-refractivity contribution is -0.386. The summed E-state index contributed by atoms with van der Waals surface area (Å²) in [6.45, 7) is -0.127. The van der Waals surface area contributed by atoms with E-state index in [1.165, 1.54) is 25.3 Å². The molecule has 0 N–H and O–H groups in total. The molecular weight excluding hydrogens is 340 g/mol. The molecule has 0 radical (unpaired) electrons. The number of oxazole rings is 1. The lowest BCUT2D eigenvalue weighted by Crippen LogP contribution is -2.04. The lowest BCUT2D eigenvalue weighted by Gasteiger charge is -2.06. The van der Waals surface area contributed by atoms with Gasteiger partial charge < -0.3 is 13.9 Å². The van der Waals surface area contributed by atoms with Crippen molar-refractivity contribution in [1.29, 1.82) is 0 Å². The van der Waals surface area contributed by atoms with E-state index in [2.05, 4.69) is 9.72 Å². The second-order valence-corrected chi connectivity index (χ2v) is 5.20. The molecule has 0 bridgehead atoms. The molecule has 0 aliphatic heterocycles. The maximum Gasteiger partial charge on any atom is 0.337 e. The number of benzene rings is 2. The van der Waals surface area contributed by atoms with Crippen LogP contribution in [0.4, 0.5) is 5.69 Å². The largest absolute Gasteiger partial charge is 0.477 e. The van der Waals surface area contributed by atoms with Gasteiger partial charge in [0, 0.05) is 17.7 Å². The van der Waals surface area contributed by atoms with Crippen LogP contribution in [-0.2, 0) is 11.3 Å². The number of ether oxygens (including phenoxy) is 2. The van der Waals surface area contributed by atoms with Gasteiger partial charge in [-0.15, -0.1) is 0 Å². The Morgan fingerprint density at radius 2 is 2.00 bits per heavy atom. The highest BCUT2D eigenvalue weighted by molar-refractivity contribution is 5.90. The van der Waals surface area contributed by atoms with Crippen LogP contribution >= 0.6 is 0 Å². The van der Waals surface area contributed by atoms with Crippen LogP contribution < -0.4 is 4.74 Å². The topological polar surface area (TPSA) is 105 Å². The van der Waals surface area contributed by atoms with Crippen LogP contribution in [0, 0.1) is 10.1 Å². The van der Waals surface area contributed by atoms with Crippen molar-refractivity contribution in [3.63, 3.8) is 0 Å². The predicted molar refractivity (Wildman–Crippen MR) is 90.7 cm³/mol. The number of hydrogen-bond acceptors (Lipinski definition) is 7. The van der Waals surface area contributed by atoms with Gasteiger partial charge in [-0.2, -0.15) is 0 Å². The standard InChI is InChI=1S/C18H14N2O6/c1-24-18(21)13-7-8-14(20(22)23)15(9-13)25-11-17-19-10-16(26-17)12-5-3-2-4-6-12/h2-10H,11H2,1H3. The molecule has 0 amide bonds. The molecule has 0 aliphatic carbocycles. The Balaban J connectivity index is 1.79. The predicted octanol–water partition coefficient (Wildman–Crippen LogP) is 3.62. The smallest absolute Gasteiger partial charge is 0.337 e. The molecular formula is C18H14N2O6. The van der Waals surface area contributed by atoms with Crippen molar-refractivity contribution in [1.82, 2.24) is 4.98 Å². The molecule has 0 saturated carbocycles. The van der Waals surface area contributed by atoms with Crippen LogP contribution in [0.15, 0.2) is 59.1 Å². The number of carbonyl (C=O) groups excluding carboxylic acids is 1. The van der Waals surface area contributed by atoms with E-state index >= 15 is 0 Å². The lowest BCUT2D eigenvalue weighted by atomic mass is 10.2. The van der Waals surface area contributed by atoms with Crippen LogP contribution in [0.2, 0.25) is 0 Å². The van der Waals surface area contributed by atoms with Crippen LogP contribution in [0.1, 0.15) is 16.2 Å². The van der Waals surface area contributed by atoms with E-state index < -0.39 is 10.9 Å². The van der Waals surface area contributed by atoms with Gasteiger partial charge in [0.2, 0.25) is 5.89 Å². The molecule has 132 valence electrons. The minimum atomic E-state index is -0.618. The monoisotopic (exact) mass is 354 g/mol. The summed E-state index contributed by atoms with van der Waals surface area (Å²) in [6, 6.07) is 13.1. The zero-order chi connectivity index (χ0) is 18.5. The summed E-state index contributed by atoms with van der Waals surface area (Å²) >= 11 is 0. The van der Waals surface area contributed by atoms with Crippen molar-refractivity contribution >= 4 is 11.7 Å². The van der Waals surface area contributed by atoms with Gasteiger partial charge in [0.1, 0.15) is 0 Å². The van der Waals surface area contributed by atoms with Gasteiger partial charge in [-0.05, 0) is 6.07 Å². The minimum absolute atomic E-state index is 0.0719. The molecule has 8 nitrogen and oxygen atoms in total. The van der Waals surface area contributed by atoms with E-state index in [4.69, 9.17) is 9.15 Å². The molecule has 1 heterocycles. The van der Waals surface area contributed by atoms with E-state index in [0.717, 1.165) is 5.56 Å². The van der Waals surface area contributed by atoms with Gasteiger partial charge in [0.25, 0.3) is 0 Å². The second kappa shape index (κ2) is 7.47. The number of nitro groups is 1. The third kappa shape index (κ3) is 3.69. The quantitative estimate of drug-likeness (QED) is 0.378. The van der Waals surface area contributed by atoms with Crippen molar-refractivity contribution < 1.29 is 23.6 Å². The molecule has 0 spiro atoms. The molecule has 2 aromatic carbocycles. The summed E-state index contributed by atoms with van der Waals surface area (Å²) in [5.74, 6) is 0.119. The van der Waals surface area contributed by atoms with Gasteiger partial charge in [-0.1, -0.05) is 30.3 Å². The summed E-state index contributed by atoms with van der Waals surface area (Å²) in [7, 11) is 1.22. The second-order valence-electron chi connectivity index (χ2n) is 5.20. The first-order valence-corrected chi connectivity index (χ1v) is 7.58. The van der Waals surface area contributed by atoms with Crippen molar-refractivity contribution in [2.24, 2.45) is 0 Å². The van der Waals surface area contributed by atoms with Crippen molar-refractivity contribution in [3.8, 4) is 17.1 Å². The van der Waals surface area contributed by atoms with Crippen LogP contribution in [0.25, 0.3) is 11.3 Å². The zero-order valence-corrected chi connectivity index (χ0v) is 13.7. The van der Waals surface area contributed by atoms with Crippen LogP contribution in [0.5, 0.6) is 5.75 Å². The highest BCUT2D eigenvalue weighted by Gasteiger charge is 2.19.